The third-order valence-electron chi connectivity index (χ3n) is 4.06. The Balaban J connectivity index is 1.48. The third-order valence-corrected chi connectivity index (χ3v) is 4.06. The number of rotatable bonds is 6. The molecule has 2 aromatic carbocycles. The number of amides is 1. The highest BCUT2D eigenvalue weighted by Gasteiger charge is 2.23. The Morgan fingerprint density at radius 1 is 1.22 bits per heavy atom. The topological polar surface area (TPSA) is 47.6 Å². The van der Waals surface area contributed by atoms with E-state index in [2.05, 4.69) is 11.4 Å². The van der Waals surface area contributed by atoms with E-state index in [0.717, 1.165) is 24.2 Å². The highest BCUT2D eigenvalue weighted by Crippen LogP contribution is 2.29. The van der Waals surface area contributed by atoms with Gasteiger partial charge < -0.3 is 14.8 Å². The van der Waals surface area contributed by atoms with Crippen LogP contribution in [0.25, 0.3) is 0 Å². The number of fused-ring (bicyclic) bond motifs is 1. The van der Waals surface area contributed by atoms with E-state index >= 15 is 0 Å². The minimum absolute atomic E-state index is 0.116. The molecule has 4 nitrogen and oxygen atoms in total. The molecule has 120 valence electrons. The smallest absolute Gasteiger partial charge is 0.253 e. The van der Waals surface area contributed by atoms with Crippen molar-refractivity contribution in [3.05, 3.63) is 65.7 Å². The van der Waals surface area contributed by atoms with Gasteiger partial charge in [0, 0.05) is 26.5 Å². The number of para-hydroxylation sites is 1. The fourth-order valence-electron chi connectivity index (χ4n) is 2.89. The first-order valence-electron chi connectivity index (χ1n) is 7.88. The van der Waals surface area contributed by atoms with E-state index in [1.807, 2.05) is 48.5 Å². The summed E-state index contributed by atoms with van der Waals surface area (Å²) in [5, 5.41) is 2.94. The molecule has 0 saturated carbocycles. The van der Waals surface area contributed by atoms with Crippen molar-refractivity contribution in [1.29, 1.82) is 0 Å². The van der Waals surface area contributed by atoms with Crippen LogP contribution in [0, 0.1) is 0 Å². The number of nitrogens with one attached hydrogen (secondary N) is 1. The molecule has 1 heterocycles. The molecule has 0 aliphatic carbocycles. The van der Waals surface area contributed by atoms with Gasteiger partial charge >= 0.3 is 0 Å². The molecule has 1 amide bonds. The van der Waals surface area contributed by atoms with Gasteiger partial charge in [-0.1, -0.05) is 48.5 Å². The zero-order chi connectivity index (χ0) is 16.1. The highest BCUT2D eigenvalue weighted by molar-refractivity contribution is 5.82. The van der Waals surface area contributed by atoms with Gasteiger partial charge in [0.1, 0.15) is 11.9 Å². The number of hydrogen-bond donors (Lipinski definition) is 1. The molecule has 2 atom stereocenters. The zero-order valence-corrected chi connectivity index (χ0v) is 13.2. The van der Waals surface area contributed by atoms with Gasteiger partial charge in [-0.25, -0.2) is 0 Å². The molecular weight excluding hydrogens is 290 g/mol. The van der Waals surface area contributed by atoms with Crippen molar-refractivity contribution < 1.29 is 14.3 Å². The minimum Gasteiger partial charge on any atom is -0.490 e. The van der Waals surface area contributed by atoms with Gasteiger partial charge in [-0.3, -0.25) is 4.79 Å². The normalized spacial score (nSPS) is 17.2. The van der Waals surface area contributed by atoms with Gasteiger partial charge in [-0.15, -0.1) is 0 Å². The lowest BCUT2D eigenvalue weighted by Gasteiger charge is -2.16. The van der Waals surface area contributed by atoms with Crippen LogP contribution < -0.4 is 10.1 Å². The van der Waals surface area contributed by atoms with E-state index < -0.39 is 6.10 Å². The van der Waals surface area contributed by atoms with E-state index in [9.17, 15) is 4.79 Å². The summed E-state index contributed by atoms with van der Waals surface area (Å²) in [5.41, 5.74) is 2.10. The Hall–Kier alpha value is -2.33. The molecule has 0 bridgehead atoms. The van der Waals surface area contributed by atoms with Crippen LogP contribution >= 0.6 is 0 Å². The van der Waals surface area contributed by atoms with Crippen LogP contribution in [0.5, 0.6) is 5.75 Å². The summed E-state index contributed by atoms with van der Waals surface area (Å²) < 4.78 is 11.2. The zero-order valence-electron chi connectivity index (χ0n) is 13.2. The Labute approximate surface area is 136 Å². The van der Waals surface area contributed by atoms with Crippen LogP contribution in [0.4, 0.5) is 0 Å². The molecule has 0 saturated heterocycles. The van der Waals surface area contributed by atoms with E-state index in [1.54, 1.807) is 7.11 Å². The fourth-order valence-corrected chi connectivity index (χ4v) is 2.89. The fraction of sp³-hybridized carbons (Fsp3) is 0.316. The van der Waals surface area contributed by atoms with Crippen LogP contribution in [0.15, 0.2) is 54.6 Å². The molecule has 1 N–H and O–H groups in total. The van der Waals surface area contributed by atoms with Gasteiger partial charge in [-0.05, 0) is 17.2 Å². The SMILES string of the molecule is CO[C@@H](C(=O)NCC[C@@H]1Cc2ccccc2O1)c1ccccc1. The summed E-state index contributed by atoms with van der Waals surface area (Å²) in [6, 6.07) is 17.6. The first kappa shape index (κ1) is 15.6. The van der Waals surface area contributed by atoms with Crippen LogP contribution in [0.1, 0.15) is 23.7 Å². The van der Waals surface area contributed by atoms with Gasteiger partial charge in [0.15, 0.2) is 6.10 Å². The molecular formula is C19H21NO3. The number of ether oxygens (including phenoxy) is 2. The number of benzene rings is 2. The molecule has 2 aromatic rings. The quantitative estimate of drug-likeness (QED) is 0.892. The predicted molar refractivity (Wildman–Crippen MR) is 88.4 cm³/mol. The molecule has 1 aliphatic rings. The lowest BCUT2D eigenvalue weighted by molar-refractivity contribution is -0.131. The molecule has 0 unspecified atom stereocenters. The maximum atomic E-state index is 12.3. The third kappa shape index (κ3) is 3.71. The summed E-state index contributed by atoms with van der Waals surface area (Å²) in [6.45, 7) is 0.574. The summed E-state index contributed by atoms with van der Waals surface area (Å²) in [4.78, 5) is 12.3. The number of methoxy groups -OCH3 is 1. The average Bonchev–Trinajstić information content (AvgIpc) is 2.99. The van der Waals surface area contributed by atoms with Gasteiger partial charge in [0.25, 0.3) is 5.91 Å². The number of hydrogen-bond acceptors (Lipinski definition) is 3. The van der Waals surface area contributed by atoms with Crippen LogP contribution in [0.3, 0.4) is 0 Å². The first-order chi connectivity index (χ1) is 11.3. The molecule has 0 spiro atoms. The van der Waals surface area contributed by atoms with Gasteiger partial charge in [0.2, 0.25) is 0 Å². The highest BCUT2D eigenvalue weighted by atomic mass is 16.5. The summed E-state index contributed by atoms with van der Waals surface area (Å²) in [7, 11) is 1.55. The van der Waals surface area contributed by atoms with Crippen molar-refractivity contribution in [3.63, 3.8) is 0 Å². The van der Waals surface area contributed by atoms with Crippen molar-refractivity contribution in [2.45, 2.75) is 25.0 Å². The van der Waals surface area contributed by atoms with E-state index in [4.69, 9.17) is 9.47 Å². The average molecular weight is 311 g/mol. The van der Waals surface area contributed by atoms with Crippen molar-refractivity contribution in [1.82, 2.24) is 5.32 Å². The summed E-state index contributed by atoms with van der Waals surface area (Å²) in [6.07, 6.45) is 1.24. The molecule has 4 heteroatoms. The number of carbonyl (C=O) groups excluding carboxylic acids is 1. The molecule has 1 aliphatic heterocycles. The van der Waals surface area contributed by atoms with Crippen LogP contribution in [0.2, 0.25) is 0 Å². The minimum atomic E-state index is -0.571. The van der Waals surface area contributed by atoms with E-state index in [0.29, 0.717) is 6.54 Å². The predicted octanol–water partition coefficient (Wildman–Crippen LogP) is 2.88. The van der Waals surface area contributed by atoms with Gasteiger partial charge in [0.05, 0.1) is 0 Å². The van der Waals surface area contributed by atoms with Crippen LogP contribution in [-0.2, 0) is 16.0 Å². The Morgan fingerprint density at radius 2 is 1.96 bits per heavy atom. The summed E-state index contributed by atoms with van der Waals surface area (Å²) >= 11 is 0. The molecule has 0 radical (unpaired) electrons. The van der Waals surface area contributed by atoms with E-state index in [-0.39, 0.29) is 12.0 Å². The maximum absolute atomic E-state index is 12.3. The standard InChI is InChI=1S/C19H21NO3/c1-22-18(14-7-3-2-4-8-14)19(21)20-12-11-16-13-15-9-5-6-10-17(15)23-16/h2-10,16,18H,11-13H2,1H3,(H,20,21)/t16-,18-/m1/s1. The molecule has 23 heavy (non-hydrogen) atoms. The Morgan fingerprint density at radius 3 is 2.70 bits per heavy atom. The van der Waals surface area contributed by atoms with Crippen molar-refractivity contribution in [2.75, 3.05) is 13.7 Å². The first-order valence-corrected chi connectivity index (χ1v) is 7.88. The Bertz CT molecular complexity index is 632. The lowest BCUT2D eigenvalue weighted by atomic mass is 10.1. The number of carbonyl (C=O) groups is 1. The molecule has 3 rings (SSSR count). The summed E-state index contributed by atoms with van der Waals surface area (Å²) in [5.74, 6) is 0.845. The van der Waals surface area contributed by atoms with Crippen molar-refractivity contribution >= 4 is 5.91 Å². The lowest BCUT2D eigenvalue weighted by Crippen LogP contribution is -2.33. The van der Waals surface area contributed by atoms with E-state index in [1.165, 1.54) is 5.56 Å². The molecule has 0 fully saturated rings. The second-order valence-electron chi connectivity index (χ2n) is 5.66. The largest absolute Gasteiger partial charge is 0.490 e. The van der Waals surface area contributed by atoms with Crippen molar-refractivity contribution in [3.8, 4) is 5.75 Å². The van der Waals surface area contributed by atoms with Crippen molar-refractivity contribution in [2.24, 2.45) is 0 Å². The molecule has 0 aromatic heterocycles. The maximum Gasteiger partial charge on any atom is 0.253 e. The monoisotopic (exact) mass is 311 g/mol. The Kier molecular flexibility index (Phi) is 4.93. The van der Waals surface area contributed by atoms with Gasteiger partial charge in [-0.2, -0.15) is 0 Å². The second-order valence-corrected chi connectivity index (χ2v) is 5.66. The second kappa shape index (κ2) is 7.29. The van der Waals surface area contributed by atoms with Crippen LogP contribution in [-0.4, -0.2) is 25.7 Å².